The van der Waals surface area contributed by atoms with E-state index in [2.05, 4.69) is 10.3 Å². The Balaban J connectivity index is 1.56. The molecule has 1 N–H and O–H groups in total. The van der Waals surface area contributed by atoms with Crippen molar-refractivity contribution in [1.29, 1.82) is 0 Å². The number of nitrogens with zero attached hydrogens (tertiary/aromatic N) is 1. The van der Waals surface area contributed by atoms with Crippen LogP contribution < -0.4 is 5.32 Å². The number of oxazole rings is 1. The van der Waals surface area contributed by atoms with E-state index in [0.717, 1.165) is 36.3 Å². The molecule has 0 aliphatic heterocycles. The van der Waals surface area contributed by atoms with Gasteiger partial charge in [0.1, 0.15) is 23.1 Å². The van der Waals surface area contributed by atoms with Crippen LogP contribution in [0, 0.1) is 25.7 Å². The van der Waals surface area contributed by atoms with Crippen molar-refractivity contribution in [3.63, 3.8) is 0 Å². The molecule has 1 aliphatic carbocycles. The van der Waals surface area contributed by atoms with Crippen LogP contribution in [-0.4, -0.2) is 34.6 Å². The Labute approximate surface area is 209 Å². The van der Waals surface area contributed by atoms with Crippen LogP contribution in [0.15, 0.2) is 28.7 Å². The van der Waals surface area contributed by atoms with Gasteiger partial charge in [-0.2, -0.15) is 0 Å². The predicted octanol–water partition coefficient (Wildman–Crippen LogP) is 5.52. The van der Waals surface area contributed by atoms with Gasteiger partial charge in [0, 0.05) is 11.5 Å². The third-order valence-corrected chi connectivity index (χ3v) is 6.27. The number of aryl methyl sites for hydroxylation is 2. The zero-order chi connectivity index (χ0) is 25.8. The van der Waals surface area contributed by atoms with Gasteiger partial charge < -0.3 is 19.2 Å². The van der Waals surface area contributed by atoms with Gasteiger partial charge in [-0.05, 0) is 71.9 Å². The van der Waals surface area contributed by atoms with Crippen LogP contribution in [-0.2, 0) is 25.7 Å². The Hall–Kier alpha value is -2.67. The molecule has 35 heavy (non-hydrogen) atoms. The molecule has 0 unspecified atom stereocenters. The Morgan fingerprint density at radius 1 is 1.14 bits per heavy atom. The standard InChI is InChI=1S/C28H40N2O5/c1-17(2)24(27(32)35-28(5,6)7)30-25(31)21-9-8-10-22(15-21)33-16-23-19(4)34-26(29-23)20-13-11-18(3)12-14-20/h11-14,17,21-22,24H,8-10,15-16H2,1-7H3,(H,30,31)/t21-,22+,24+/m1/s1. The first-order chi connectivity index (χ1) is 16.4. The number of nitrogens with one attached hydrogen (secondary N) is 1. The lowest BCUT2D eigenvalue weighted by Gasteiger charge is -2.31. The number of carbonyl (C=O) groups is 2. The van der Waals surface area contributed by atoms with E-state index in [1.807, 2.05) is 72.7 Å². The summed E-state index contributed by atoms with van der Waals surface area (Å²) in [6, 6.07) is 7.39. The van der Waals surface area contributed by atoms with Crippen LogP contribution in [0.25, 0.3) is 11.5 Å². The molecule has 1 heterocycles. The number of esters is 1. The Bertz CT molecular complexity index is 1000. The average Bonchev–Trinajstić information content (AvgIpc) is 3.15. The molecular weight excluding hydrogens is 444 g/mol. The molecule has 0 radical (unpaired) electrons. The highest BCUT2D eigenvalue weighted by Crippen LogP contribution is 2.29. The van der Waals surface area contributed by atoms with Gasteiger partial charge in [0.25, 0.3) is 0 Å². The Morgan fingerprint density at radius 3 is 2.46 bits per heavy atom. The van der Waals surface area contributed by atoms with Crippen molar-refractivity contribution in [1.82, 2.24) is 10.3 Å². The van der Waals surface area contributed by atoms with Crippen molar-refractivity contribution >= 4 is 11.9 Å². The molecule has 7 nitrogen and oxygen atoms in total. The summed E-state index contributed by atoms with van der Waals surface area (Å²) in [6.07, 6.45) is 3.15. The quantitative estimate of drug-likeness (QED) is 0.497. The number of hydrogen-bond acceptors (Lipinski definition) is 6. The number of amides is 1. The van der Waals surface area contributed by atoms with Crippen molar-refractivity contribution in [2.24, 2.45) is 11.8 Å². The van der Waals surface area contributed by atoms with Crippen molar-refractivity contribution in [2.45, 2.75) is 98.5 Å². The van der Waals surface area contributed by atoms with Crippen molar-refractivity contribution in [3.05, 3.63) is 41.3 Å². The Kier molecular flexibility index (Phi) is 8.75. The van der Waals surface area contributed by atoms with Crippen LogP contribution in [0.3, 0.4) is 0 Å². The van der Waals surface area contributed by atoms with E-state index in [1.165, 1.54) is 5.56 Å². The summed E-state index contributed by atoms with van der Waals surface area (Å²) in [5.74, 6) is 0.561. The van der Waals surface area contributed by atoms with Gasteiger partial charge >= 0.3 is 5.97 Å². The third-order valence-electron chi connectivity index (χ3n) is 6.27. The molecule has 3 atom stereocenters. The molecule has 1 aromatic heterocycles. The second-order valence-electron chi connectivity index (χ2n) is 10.9. The van der Waals surface area contributed by atoms with Gasteiger partial charge in [-0.3, -0.25) is 4.79 Å². The van der Waals surface area contributed by atoms with Gasteiger partial charge in [0.2, 0.25) is 11.8 Å². The van der Waals surface area contributed by atoms with Gasteiger partial charge in [-0.1, -0.05) is 38.0 Å². The van der Waals surface area contributed by atoms with Crippen LogP contribution in [0.1, 0.15) is 77.3 Å². The van der Waals surface area contributed by atoms with Crippen LogP contribution in [0.5, 0.6) is 0 Å². The van der Waals surface area contributed by atoms with E-state index >= 15 is 0 Å². The lowest BCUT2D eigenvalue weighted by atomic mass is 9.86. The van der Waals surface area contributed by atoms with E-state index in [1.54, 1.807) is 0 Å². The molecule has 0 saturated heterocycles. The minimum absolute atomic E-state index is 0.0440. The van der Waals surface area contributed by atoms with E-state index in [4.69, 9.17) is 13.9 Å². The highest BCUT2D eigenvalue weighted by Gasteiger charge is 2.34. The largest absolute Gasteiger partial charge is 0.458 e. The molecule has 1 fully saturated rings. The first-order valence-electron chi connectivity index (χ1n) is 12.6. The smallest absolute Gasteiger partial charge is 0.329 e. The second kappa shape index (κ2) is 11.4. The fraction of sp³-hybridized carbons (Fsp3) is 0.607. The van der Waals surface area contributed by atoms with E-state index in [0.29, 0.717) is 18.9 Å². The lowest BCUT2D eigenvalue weighted by Crippen LogP contribution is -2.49. The normalized spacial score (nSPS) is 19.4. The highest BCUT2D eigenvalue weighted by atomic mass is 16.6. The third kappa shape index (κ3) is 7.66. The second-order valence-corrected chi connectivity index (χ2v) is 10.9. The molecule has 192 valence electrons. The lowest BCUT2D eigenvalue weighted by molar-refractivity contribution is -0.160. The van der Waals surface area contributed by atoms with Gasteiger partial charge in [0.15, 0.2) is 0 Å². The molecule has 2 aromatic rings. The summed E-state index contributed by atoms with van der Waals surface area (Å²) >= 11 is 0. The fourth-order valence-electron chi connectivity index (χ4n) is 4.25. The summed E-state index contributed by atoms with van der Waals surface area (Å²) in [6.45, 7) is 13.6. The fourth-order valence-corrected chi connectivity index (χ4v) is 4.25. The van der Waals surface area contributed by atoms with Crippen molar-refractivity contribution in [2.75, 3.05) is 0 Å². The summed E-state index contributed by atoms with van der Waals surface area (Å²) in [4.78, 5) is 30.3. The number of carbonyl (C=O) groups excluding carboxylic acids is 2. The SMILES string of the molecule is Cc1ccc(-c2nc(CO[C@H]3CCC[C@@H](C(=O)N[C@H](C(=O)OC(C)(C)C)C(C)C)C3)c(C)o2)cc1. The molecule has 1 amide bonds. The zero-order valence-electron chi connectivity index (χ0n) is 22.1. The molecule has 1 aromatic carbocycles. The summed E-state index contributed by atoms with van der Waals surface area (Å²) in [7, 11) is 0. The van der Waals surface area contributed by atoms with Gasteiger partial charge in [0.05, 0.1) is 12.7 Å². The molecular formula is C28H40N2O5. The predicted molar refractivity (Wildman–Crippen MR) is 135 cm³/mol. The molecule has 1 aliphatic rings. The minimum atomic E-state index is -0.666. The van der Waals surface area contributed by atoms with E-state index in [9.17, 15) is 9.59 Å². The molecule has 0 spiro atoms. The maximum atomic E-state index is 13.0. The van der Waals surface area contributed by atoms with Crippen LogP contribution >= 0.6 is 0 Å². The van der Waals surface area contributed by atoms with Crippen molar-refractivity contribution < 1.29 is 23.5 Å². The summed E-state index contributed by atoms with van der Waals surface area (Å²) in [5, 5.41) is 2.94. The van der Waals surface area contributed by atoms with E-state index in [-0.39, 0.29) is 23.8 Å². The molecule has 7 heteroatoms. The molecule has 1 saturated carbocycles. The van der Waals surface area contributed by atoms with Crippen molar-refractivity contribution in [3.8, 4) is 11.5 Å². The number of rotatable bonds is 8. The number of aromatic nitrogens is 1. The van der Waals surface area contributed by atoms with Gasteiger partial charge in [-0.15, -0.1) is 0 Å². The summed E-state index contributed by atoms with van der Waals surface area (Å²) < 4.78 is 17.5. The number of benzene rings is 1. The minimum Gasteiger partial charge on any atom is -0.458 e. The topological polar surface area (TPSA) is 90.7 Å². The molecule has 0 bridgehead atoms. The van der Waals surface area contributed by atoms with Crippen LogP contribution in [0.2, 0.25) is 0 Å². The molecule has 3 rings (SSSR count). The summed E-state index contributed by atoms with van der Waals surface area (Å²) in [5.41, 5.74) is 2.29. The first-order valence-corrected chi connectivity index (χ1v) is 12.6. The first kappa shape index (κ1) is 26.9. The maximum absolute atomic E-state index is 13.0. The van der Waals surface area contributed by atoms with Crippen LogP contribution in [0.4, 0.5) is 0 Å². The van der Waals surface area contributed by atoms with Gasteiger partial charge in [-0.25, -0.2) is 9.78 Å². The highest BCUT2D eigenvalue weighted by molar-refractivity contribution is 5.86. The average molecular weight is 485 g/mol. The Morgan fingerprint density at radius 2 is 1.83 bits per heavy atom. The maximum Gasteiger partial charge on any atom is 0.329 e. The zero-order valence-corrected chi connectivity index (χ0v) is 22.1. The van der Waals surface area contributed by atoms with E-state index < -0.39 is 17.6 Å². The number of ether oxygens (including phenoxy) is 2. The monoisotopic (exact) mass is 484 g/mol. The number of hydrogen-bond donors (Lipinski definition) is 1.